The second-order valence-electron chi connectivity index (χ2n) is 5.24. The molecular weight excluding hydrogens is 158 g/mol. The third-order valence-electron chi connectivity index (χ3n) is 3.29. The smallest absolute Gasteiger partial charge is 0.0394 e. The maximum Gasteiger partial charge on any atom is 0.0394 e. The van der Waals surface area contributed by atoms with Crippen LogP contribution >= 0.6 is 0 Å². The zero-order valence-corrected chi connectivity index (χ0v) is 8.93. The Kier molecular flexibility index (Phi) is 1.59. The van der Waals surface area contributed by atoms with Crippen LogP contribution in [-0.2, 0) is 0 Å². The molecule has 0 atom stereocenters. The van der Waals surface area contributed by atoms with Crippen LogP contribution in [0.4, 0.5) is 0 Å². The Labute approximate surface area is 91.9 Å². The first-order chi connectivity index (χ1) is 8.33. The average molecular weight is 189 g/mol. The molecule has 0 aliphatic heterocycles. The van der Waals surface area contributed by atoms with E-state index in [9.17, 15) is 0 Å². The lowest BCUT2D eigenvalue weighted by Crippen LogP contribution is -2.35. The van der Waals surface area contributed by atoms with Crippen molar-refractivity contribution in [3.63, 3.8) is 0 Å². The summed E-state index contributed by atoms with van der Waals surface area (Å²) in [4.78, 5) is 0.763. The lowest BCUT2D eigenvalue weighted by molar-refractivity contribution is 0.124. The minimum absolute atomic E-state index is 0.204. The van der Waals surface area contributed by atoms with Gasteiger partial charge in [-0.05, 0) is 51.0 Å². The predicted molar refractivity (Wildman–Crippen MR) is 58.9 cm³/mol. The van der Waals surface area contributed by atoms with Gasteiger partial charge in [0.2, 0.25) is 0 Å². The van der Waals surface area contributed by atoms with Crippen molar-refractivity contribution in [1.29, 1.82) is 0 Å². The number of rotatable bonds is 1. The molecule has 1 aliphatic carbocycles. The highest BCUT2D eigenvalue weighted by Crippen LogP contribution is 2.38. The quantitative estimate of drug-likeness (QED) is 0.612. The predicted octanol–water partition coefficient (Wildman–Crippen LogP) is 3.15. The summed E-state index contributed by atoms with van der Waals surface area (Å²) < 4.78 is 44.7. The molecule has 0 radical (unpaired) electrons. The molecule has 0 aromatic carbocycles. The normalized spacial score (nSPS) is 39.7. The van der Waals surface area contributed by atoms with E-state index in [1.165, 1.54) is 0 Å². The fraction of sp³-hybridized carbons (Fsp3) is 1.00. The summed E-state index contributed by atoms with van der Waals surface area (Å²) in [7, 11) is 0. The maximum absolute atomic E-state index is 7.45. The van der Waals surface area contributed by atoms with Crippen LogP contribution < -0.4 is 0 Å². The standard InChI is InChI=1S/C12H25N/c1-12(2,3)10-6-8-11(9-7-10)13(4)5/h10-11H,6-9H2,1-5H3/i4D3,5D3. The first-order valence-corrected chi connectivity index (χ1v) is 5.13. The van der Waals surface area contributed by atoms with E-state index in [2.05, 4.69) is 20.8 Å². The van der Waals surface area contributed by atoms with Gasteiger partial charge in [-0.25, -0.2) is 0 Å². The molecule has 78 valence electrons. The van der Waals surface area contributed by atoms with E-state index in [1.807, 2.05) is 0 Å². The highest BCUT2D eigenvalue weighted by molar-refractivity contribution is 4.82. The molecule has 13 heavy (non-hydrogen) atoms. The van der Waals surface area contributed by atoms with Gasteiger partial charge in [-0.1, -0.05) is 20.8 Å². The molecule has 0 bridgehead atoms. The minimum Gasteiger partial charge on any atom is -0.306 e. The van der Waals surface area contributed by atoms with Crippen LogP contribution in [0.5, 0.6) is 0 Å². The van der Waals surface area contributed by atoms with Gasteiger partial charge in [0, 0.05) is 14.3 Å². The molecule has 1 nitrogen and oxygen atoms in total. The van der Waals surface area contributed by atoms with Crippen LogP contribution in [0.2, 0.25) is 0 Å². The monoisotopic (exact) mass is 189 g/mol. The van der Waals surface area contributed by atoms with Gasteiger partial charge in [0.1, 0.15) is 0 Å². The summed E-state index contributed by atoms with van der Waals surface area (Å²) >= 11 is 0. The van der Waals surface area contributed by atoms with Crippen molar-refractivity contribution in [2.45, 2.75) is 52.5 Å². The molecule has 0 unspecified atom stereocenters. The summed E-state index contributed by atoms with van der Waals surface area (Å²) in [5, 5.41) is 0. The lowest BCUT2D eigenvalue weighted by Gasteiger charge is -2.39. The molecule has 1 saturated carbocycles. The van der Waals surface area contributed by atoms with Crippen molar-refractivity contribution in [2.75, 3.05) is 14.0 Å². The van der Waals surface area contributed by atoms with E-state index in [4.69, 9.17) is 8.22 Å². The van der Waals surface area contributed by atoms with Crippen LogP contribution in [0, 0.1) is 11.3 Å². The Morgan fingerprint density at radius 2 is 1.62 bits per heavy atom. The summed E-state index contributed by atoms with van der Waals surface area (Å²) in [6.45, 7) is 1.45. The zero-order valence-electron chi connectivity index (χ0n) is 14.9. The van der Waals surface area contributed by atoms with Crippen LogP contribution in [0.1, 0.15) is 54.7 Å². The Morgan fingerprint density at radius 3 is 2.00 bits per heavy atom. The molecule has 0 aromatic heterocycles. The molecule has 0 N–H and O–H groups in total. The van der Waals surface area contributed by atoms with Gasteiger partial charge in [-0.3, -0.25) is 0 Å². The molecule has 1 aliphatic rings. The van der Waals surface area contributed by atoms with Gasteiger partial charge in [0.25, 0.3) is 0 Å². The van der Waals surface area contributed by atoms with Gasteiger partial charge in [-0.2, -0.15) is 0 Å². The second kappa shape index (κ2) is 4.00. The van der Waals surface area contributed by atoms with Crippen LogP contribution in [0.15, 0.2) is 0 Å². The Balaban J connectivity index is 2.77. The molecule has 1 rings (SSSR count). The largest absolute Gasteiger partial charge is 0.306 e. The number of hydrogen-bond donors (Lipinski definition) is 0. The Morgan fingerprint density at radius 1 is 1.08 bits per heavy atom. The summed E-state index contributed by atoms with van der Waals surface area (Å²) in [6, 6.07) is -0.362. The lowest BCUT2D eigenvalue weighted by atomic mass is 9.71. The molecule has 0 amide bonds. The first-order valence-electron chi connectivity index (χ1n) is 8.13. The van der Waals surface area contributed by atoms with Gasteiger partial charge < -0.3 is 4.90 Å². The van der Waals surface area contributed by atoms with Crippen molar-refractivity contribution in [3.8, 4) is 0 Å². The molecule has 0 heterocycles. The van der Waals surface area contributed by atoms with Gasteiger partial charge >= 0.3 is 0 Å². The Hall–Kier alpha value is -0.0400. The van der Waals surface area contributed by atoms with Crippen LogP contribution in [0.3, 0.4) is 0 Å². The molecule has 0 saturated heterocycles. The van der Waals surface area contributed by atoms with Crippen molar-refractivity contribution in [2.24, 2.45) is 11.3 Å². The molecular formula is C12H25N. The van der Waals surface area contributed by atoms with Crippen molar-refractivity contribution < 1.29 is 8.22 Å². The highest BCUT2D eigenvalue weighted by atomic mass is 15.1. The third kappa shape index (κ3) is 2.98. The molecule has 1 heteroatoms. The van der Waals surface area contributed by atoms with E-state index >= 15 is 0 Å². The third-order valence-corrected chi connectivity index (χ3v) is 3.29. The number of nitrogens with zero attached hydrogens (tertiary/aromatic N) is 1. The van der Waals surface area contributed by atoms with Crippen LogP contribution in [-0.4, -0.2) is 24.9 Å². The van der Waals surface area contributed by atoms with E-state index < -0.39 is 14.0 Å². The zero-order chi connectivity index (χ0) is 15.1. The number of hydrogen-bond acceptors (Lipinski definition) is 1. The fourth-order valence-corrected chi connectivity index (χ4v) is 2.20. The minimum atomic E-state index is -2.55. The second-order valence-corrected chi connectivity index (χ2v) is 5.24. The Bertz CT molecular complexity index is 279. The first kappa shape index (κ1) is 5.16. The van der Waals surface area contributed by atoms with Gasteiger partial charge in [0.05, 0.1) is 0 Å². The SMILES string of the molecule is [2H]C([2H])([2H])N(C1CCC(C(C)(C)C)CC1)C([2H])([2H])[2H]. The fourth-order valence-electron chi connectivity index (χ4n) is 2.20. The van der Waals surface area contributed by atoms with E-state index in [1.54, 1.807) is 0 Å². The van der Waals surface area contributed by atoms with Crippen molar-refractivity contribution in [3.05, 3.63) is 0 Å². The molecule has 1 fully saturated rings. The summed E-state index contributed by atoms with van der Waals surface area (Å²) in [5.74, 6) is 0.541. The highest BCUT2D eigenvalue weighted by Gasteiger charge is 2.29. The van der Waals surface area contributed by atoms with Crippen molar-refractivity contribution >= 4 is 0 Å². The maximum atomic E-state index is 7.45. The summed E-state index contributed by atoms with van der Waals surface area (Å²) in [6.07, 6.45) is 3.10. The average Bonchev–Trinajstić information content (AvgIpc) is 2.12. The summed E-state index contributed by atoms with van der Waals surface area (Å²) in [5.41, 5.74) is 0.204. The molecule has 0 aromatic rings. The van der Waals surface area contributed by atoms with Gasteiger partial charge in [-0.15, -0.1) is 0 Å². The van der Waals surface area contributed by atoms with Gasteiger partial charge in [0.15, 0.2) is 0 Å². The van der Waals surface area contributed by atoms with E-state index in [0.717, 1.165) is 17.7 Å². The topological polar surface area (TPSA) is 3.24 Å². The van der Waals surface area contributed by atoms with E-state index in [0.29, 0.717) is 18.8 Å². The molecule has 0 spiro atoms. The van der Waals surface area contributed by atoms with Crippen molar-refractivity contribution in [1.82, 2.24) is 4.90 Å². The van der Waals surface area contributed by atoms with E-state index in [-0.39, 0.29) is 11.5 Å². The van der Waals surface area contributed by atoms with Crippen LogP contribution in [0.25, 0.3) is 0 Å².